The topological polar surface area (TPSA) is 211 Å². The van der Waals surface area contributed by atoms with Gasteiger partial charge in [0.1, 0.15) is 12.1 Å². The lowest BCUT2D eigenvalue weighted by molar-refractivity contribution is -0.143. The molecule has 17 heteroatoms. The van der Waals surface area contributed by atoms with E-state index in [0.717, 1.165) is 32.8 Å². The Kier molecular flexibility index (Phi) is 17.3. The first-order valence-corrected chi connectivity index (χ1v) is 23.6. The number of likely N-dealkylation sites (N-methyl/N-ethyl adjacent to an activating group) is 1. The molecule has 1 unspecified atom stereocenters. The second-order valence-electron chi connectivity index (χ2n) is 19.0. The number of nitrogens with one attached hydrogen (secondary N) is 2. The molecular weight excluding hydrogens is 864 g/mol. The summed E-state index contributed by atoms with van der Waals surface area (Å²) < 4.78 is 23.6. The van der Waals surface area contributed by atoms with Gasteiger partial charge in [0, 0.05) is 44.5 Å². The van der Waals surface area contributed by atoms with Crippen LogP contribution in [0.4, 0.5) is 9.59 Å². The summed E-state index contributed by atoms with van der Waals surface area (Å²) in [5.41, 5.74) is 2.55. The zero-order valence-electron chi connectivity index (χ0n) is 39.0. The molecule has 3 aromatic carbocycles. The zero-order chi connectivity index (χ0) is 48.4. The summed E-state index contributed by atoms with van der Waals surface area (Å²) in [6.45, 7) is 13.3. The fourth-order valence-electron chi connectivity index (χ4n) is 8.62. The molecule has 1 aliphatic rings. The third-order valence-electron chi connectivity index (χ3n) is 11.5. The van der Waals surface area contributed by atoms with Crippen LogP contribution in [0.15, 0.2) is 109 Å². The van der Waals surface area contributed by atoms with Crippen LogP contribution in [0, 0.1) is 10.8 Å². The van der Waals surface area contributed by atoms with Gasteiger partial charge in [-0.25, -0.2) is 14.2 Å². The number of carboxylic acid groups (broad SMARTS) is 1. The normalized spacial score (nSPS) is 16.2. The lowest BCUT2D eigenvalue weighted by atomic mass is 9.84. The Hall–Kier alpha value is -5.64. The number of hydrogen-bond donors (Lipinski definition) is 5. The molecule has 5 N–H and O–H groups in total. The largest absolute Gasteiger partial charge is 0.471 e. The van der Waals surface area contributed by atoms with Crippen LogP contribution in [0.3, 0.4) is 0 Å². The van der Waals surface area contributed by atoms with Crippen molar-refractivity contribution in [3.63, 3.8) is 0 Å². The van der Waals surface area contributed by atoms with Crippen molar-refractivity contribution in [2.75, 3.05) is 20.1 Å². The van der Waals surface area contributed by atoms with Crippen LogP contribution in [-0.2, 0) is 42.8 Å². The molecule has 5 amide bonds. The highest BCUT2D eigenvalue weighted by atomic mass is 31.2. The third kappa shape index (κ3) is 14.7. The predicted octanol–water partition coefficient (Wildman–Crippen LogP) is 7.11. The molecule has 0 bridgehead atoms. The first-order valence-electron chi connectivity index (χ1n) is 22.1. The number of aromatic nitrogens is 1. The molecule has 66 heavy (non-hydrogen) atoms. The number of pyridine rings is 1. The monoisotopic (exact) mass is 928 g/mol. The summed E-state index contributed by atoms with van der Waals surface area (Å²) >= 11 is 0. The maximum Gasteiger partial charge on any atom is 0.471 e. The number of phosphoric acid groups is 1. The van der Waals surface area contributed by atoms with Gasteiger partial charge in [-0.15, -0.1) is 0 Å². The van der Waals surface area contributed by atoms with Crippen molar-refractivity contribution in [2.45, 2.75) is 111 Å². The van der Waals surface area contributed by atoms with Gasteiger partial charge >= 0.3 is 19.9 Å². The van der Waals surface area contributed by atoms with Gasteiger partial charge in [-0.1, -0.05) is 133 Å². The molecular formula is C49H65N6O10P. The van der Waals surface area contributed by atoms with Gasteiger partial charge in [0.15, 0.2) is 6.29 Å². The van der Waals surface area contributed by atoms with Gasteiger partial charge in [0.25, 0.3) is 0 Å². The van der Waals surface area contributed by atoms with E-state index in [0.29, 0.717) is 19.6 Å². The van der Waals surface area contributed by atoms with Crippen LogP contribution in [0.5, 0.6) is 0 Å². The zero-order valence-corrected chi connectivity index (χ0v) is 39.9. The Bertz CT molecular complexity index is 2270. The van der Waals surface area contributed by atoms with Crippen LogP contribution >= 0.6 is 7.82 Å². The fourth-order valence-corrected chi connectivity index (χ4v) is 9.06. The molecule has 0 spiro atoms. The van der Waals surface area contributed by atoms with Crippen molar-refractivity contribution >= 4 is 31.8 Å². The second-order valence-corrected chi connectivity index (χ2v) is 20.2. The van der Waals surface area contributed by atoms with Crippen molar-refractivity contribution < 1.29 is 47.9 Å². The number of rotatable bonds is 20. The van der Waals surface area contributed by atoms with Crippen molar-refractivity contribution in [1.82, 2.24) is 30.3 Å². The van der Waals surface area contributed by atoms with E-state index < -0.39 is 73.1 Å². The van der Waals surface area contributed by atoms with Crippen molar-refractivity contribution in [1.29, 1.82) is 0 Å². The van der Waals surface area contributed by atoms with Gasteiger partial charge in [0.05, 0.1) is 17.8 Å². The van der Waals surface area contributed by atoms with Gasteiger partial charge in [-0.2, -0.15) is 0 Å². The standard InChI is InChI=1S/C49H65N6O10P/c1-33(65-66(61,62)63)64-41(31-38(51-44(56)42(48(2,3)4)53(8)47(59)60)29-35-22-24-37(25-23-35)39-21-15-16-26-50-39)40(30-34-17-11-9-12-18-34)52-45(57)43(49(5,6)7)55-28-27-54(46(55)58)32-36-19-13-10-14-20-36/h9-26,33,38,40-43H,27-32H2,1-8H3,(H,51,56)(H,52,57)(H,59,60)(H2,61,62,63)/t33?,38-,40-,41-,42+,43+/m0/s1. The van der Waals surface area contributed by atoms with Crippen LogP contribution in [0.25, 0.3) is 11.3 Å². The minimum Gasteiger partial charge on any atom is -0.465 e. The van der Waals surface area contributed by atoms with Gasteiger partial charge in [-0.3, -0.25) is 24.0 Å². The molecule has 6 atom stereocenters. The number of carbonyl (C=O) groups excluding carboxylic acids is 3. The fraction of sp³-hybridized carbons (Fsp3) is 0.449. The molecule has 4 aromatic rings. The van der Waals surface area contributed by atoms with E-state index in [9.17, 15) is 38.6 Å². The van der Waals surface area contributed by atoms with Crippen LogP contribution in [-0.4, -0.2) is 115 Å². The Morgan fingerprint density at radius 2 is 1.38 bits per heavy atom. The van der Waals surface area contributed by atoms with E-state index in [1.165, 1.54) is 14.0 Å². The molecule has 1 aliphatic heterocycles. The third-order valence-corrected chi connectivity index (χ3v) is 12.0. The number of ether oxygens (including phenoxy) is 1. The Morgan fingerprint density at radius 1 is 0.788 bits per heavy atom. The summed E-state index contributed by atoms with van der Waals surface area (Å²) in [4.78, 5) is 84.2. The van der Waals surface area contributed by atoms with E-state index in [1.54, 1.807) is 36.8 Å². The van der Waals surface area contributed by atoms with Crippen LogP contribution in [0.2, 0.25) is 0 Å². The minimum atomic E-state index is -5.08. The maximum absolute atomic E-state index is 15.0. The van der Waals surface area contributed by atoms with E-state index >= 15 is 0 Å². The van der Waals surface area contributed by atoms with E-state index in [4.69, 9.17) is 9.26 Å². The molecule has 0 radical (unpaired) electrons. The average molecular weight is 929 g/mol. The first-order chi connectivity index (χ1) is 31.0. The molecule has 356 valence electrons. The molecule has 0 aliphatic carbocycles. The summed E-state index contributed by atoms with van der Waals surface area (Å²) in [6, 6.07) is 28.0. The number of carbonyl (C=O) groups is 4. The summed E-state index contributed by atoms with van der Waals surface area (Å²) in [5, 5.41) is 16.3. The van der Waals surface area contributed by atoms with Crippen LogP contribution < -0.4 is 10.6 Å². The van der Waals surface area contributed by atoms with Crippen LogP contribution in [0.1, 0.15) is 71.6 Å². The minimum absolute atomic E-state index is 0.0539. The van der Waals surface area contributed by atoms with Crippen molar-refractivity contribution in [2.24, 2.45) is 10.8 Å². The number of benzene rings is 3. The first kappa shape index (κ1) is 51.3. The summed E-state index contributed by atoms with van der Waals surface area (Å²) in [6.07, 6.45) is -1.90. The summed E-state index contributed by atoms with van der Waals surface area (Å²) in [7, 11) is -3.75. The van der Waals surface area contributed by atoms with Gasteiger partial charge < -0.3 is 40.1 Å². The molecule has 2 heterocycles. The lowest BCUT2D eigenvalue weighted by Gasteiger charge is -2.40. The molecule has 1 fully saturated rings. The Labute approximate surface area is 387 Å². The molecule has 16 nitrogen and oxygen atoms in total. The van der Waals surface area contributed by atoms with Crippen molar-refractivity contribution in [3.8, 4) is 11.3 Å². The van der Waals surface area contributed by atoms with Crippen molar-refractivity contribution in [3.05, 3.63) is 126 Å². The number of amides is 5. The Balaban J connectivity index is 1.56. The highest BCUT2D eigenvalue weighted by molar-refractivity contribution is 7.46. The second kappa shape index (κ2) is 22.2. The number of nitrogens with zero attached hydrogens (tertiary/aromatic N) is 4. The van der Waals surface area contributed by atoms with Gasteiger partial charge in [0.2, 0.25) is 11.8 Å². The molecule has 1 saturated heterocycles. The quantitative estimate of drug-likeness (QED) is 0.0445. The lowest BCUT2D eigenvalue weighted by Crippen LogP contribution is -2.60. The van der Waals surface area contributed by atoms with E-state index in [1.807, 2.05) is 124 Å². The molecule has 0 saturated carbocycles. The summed E-state index contributed by atoms with van der Waals surface area (Å²) in [5.74, 6) is -1.05. The number of urea groups is 1. The molecule has 5 rings (SSSR count). The smallest absolute Gasteiger partial charge is 0.465 e. The van der Waals surface area contributed by atoms with Gasteiger partial charge in [-0.05, 0) is 65.8 Å². The Morgan fingerprint density at radius 3 is 1.92 bits per heavy atom. The van der Waals surface area contributed by atoms with E-state index in [-0.39, 0.29) is 25.3 Å². The van der Waals surface area contributed by atoms with E-state index in [2.05, 4.69) is 15.6 Å². The maximum atomic E-state index is 15.0. The average Bonchev–Trinajstić information content (AvgIpc) is 3.57. The SMILES string of the molecule is CC(O[C@@H](C[C@H](Cc1ccc(-c2ccccn2)cc1)NC(=O)[C@@H](N(C)C(=O)O)C(C)(C)C)[C@H](Cc1ccccc1)NC(=O)[C@@H](N1CCN(Cc2ccccc2)C1=O)C(C)(C)C)OP(=O)(O)O. The number of phosphoric ester groups is 1. The number of hydrogen-bond acceptors (Lipinski definition) is 8. The predicted molar refractivity (Wildman–Crippen MR) is 251 cm³/mol. The highest BCUT2D eigenvalue weighted by Crippen LogP contribution is 2.38. The highest BCUT2D eigenvalue weighted by Gasteiger charge is 2.45. The molecule has 1 aromatic heterocycles.